The van der Waals surface area contributed by atoms with Crippen LogP contribution in [0.1, 0.15) is 24.0 Å². The van der Waals surface area contributed by atoms with Crippen molar-refractivity contribution >= 4 is 21.8 Å². The highest BCUT2D eigenvalue weighted by Crippen LogP contribution is 2.32. The van der Waals surface area contributed by atoms with Crippen LogP contribution in [0.25, 0.3) is 0 Å². The fourth-order valence-corrected chi connectivity index (χ4v) is 2.43. The molecule has 2 rings (SSSR count). The predicted molar refractivity (Wildman–Crippen MR) is 74.3 cm³/mol. The number of aliphatic hydroxyl groups excluding tert-OH is 1. The number of amides is 1. The molecule has 1 atom stereocenters. The number of hydrogen-bond donors (Lipinski definition) is 2. The SMILES string of the molecule is Cc1cc(Br)ccc1CC(=O)NCC(O)C1CC1. The normalized spacial score (nSPS) is 16.4. The van der Waals surface area contributed by atoms with E-state index >= 15 is 0 Å². The summed E-state index contributed by atoms with van der Waals surface area (Å²) in [4.78, 5) is 11.8. The third-order valence-electron chi connectivity index (χ3n) is 3.33. The summed E-state index contributed by atoms with van der Waals surface area (Å²) in [6, 6.07) is 5.90. The molecule has 4 heteroatoms. The van der Waals surface area contributed by atoms with Crippen molar-refractivity contribution < 1.29 is 9.90 Å². The standard InChI is InChI=1S/C14H18BrNO2/c1-9-6-12(15)5-4-11(9)7-14(18)16-8-13(17)10-2-3-10/h4-6,10,13,17H,2-3,7-8H2,1H3,(H,16,18). The van der Waals surface area contributed by atoms with Crippen LogP contribution >= 0.6 is 15.9 Å². The molecule has 1 aromatic rings. The van der Waals surface area contributed by atoms with E-state index < -0.39 is 0 Å². The van der Waals surface area contributed by atoms with Gasteiger partial charge in [0.25, 0.3) is 0 Å². The number of halogens is 1. The van der Waals surface area contributed by atoms with Crippen LogP contribution < -0.4 is 5.32 Å². The van der Waals surface area contributed by atoms with Crippen LogP contribution in [0.2, 0.25) is 0 Å². The van der Waals surface area contributed by atoms with Crippen LogP contribution in [0.3, 0.4) is 0 Å². The molecule has 0 spiro atoms. The van der Waals surface area contributed by atoms with Crippen molar-refractivity contribution in [1.29, 1.82) is 0 Å². The lowest BCUT2D eigenvalue weighted by atomic mass is 10.1. The van der Waals surface area contributed by atoms with Crippen molar-refractivity contribution in [1.82, 2.24) is 5.32 Å². The Balaban J connectivity index is 1.82. The summed E-state index contributed by atoms with van der Waals surface area (Å²) in [7, 11) is 0. The molecule has 1 aliphatic rings. The molecule has 98 valence electrons. The van der Waals surface area contributed by atoms with Crippen molar-refractivity contribution in [2.75, 3.05) is 6.54 Å². The zero-order chi connectivity index (χ0) is 13.1. The number of carbonyl (C=O) groups is 1. The van der Waals surface area contributed by atoms with Crippen molar-refractivity contribution in [3.63, 3.8) is 0 Å². The van der Waals surface area contributed by atoms with E-state index in [-0.39, 0.29) is 12.0 Å². The highest BCUT2D eigenvalue weighted by molar-refractivity contribution is 9.10. The predicted octanol–water partition coefficient (Wildman–Crippen LogP) is 2.19. The third-order valence-corrected chi connectivity index (χ3v) is 3.82. The Morgan fingerprint density at radius 2 is 2.28 bits per heavy atom. The molecule has 18 heavy (non-hydrogen) atoms. The molecule has 1 saturated carbocycles. The molecule has 1 amide bonds. The summed E-state index contributed by atoms with van der Waals surface area (Å²) in [6.07, 6.45) is 2.17. The van der Waals surface area contributed by atoms with E-state index in [2.05, 4.69) is 21.2 Å². The molecule has 0 heterocycles. The van der Waals surface area contributed by atoms with Gasteiger partial charge in [-0.05, 0) is 48.9 Å². The number of rotatable bonds is 5. The third kappa shape index (κ3) is 3.82. The fraction of sp³-hybridized carbons (Fsp3) is 0.500. The Labute approximate surface area is 116 Å². The molecule has 1 fully saturated rings. The van der Waals surface area contributed by atoms with Gasteiger partial charge in [-0.2, -0.15) is 0 Å². The lowest BCUT2D eigenvalue weighted by molar-refractivity contribution is -0.120. The molecule has 0 aromatic heterocycles. The zero-order valence-corrected chi connectivity index (χ0v) is 12.0. The zero-order valence-electron chi connectivity index (χ0n) is 10.4. The smallest absolute Gasteiger partial charge is 0.224 e. The number of hydrogen-bond acceptors (Lipinski definition) is 2. The molecular weight excluding hydrogens is 294 g/mol. The van der Waals surface area contributed by atoms with Crippen molar-refractivity contribution in [2.24, 2.45) is 5.92 Å². The Morgan fingerprint density at radius 3 is 2.89 bits per heavy atom. The molecular formula is C14H18BrNO2. The van der Waals surface area contributed by atoms with Crippen LogP contribution in [0.4, 0.5) is 0 Å². The maximum atomic E-state index is 11.8. The molecule has 0 saturated heterocycles. The van der Waals surface area contributed by atoms with Gasteiger partial charge in [-0.1, -0.05) is 22.0 Å². The number of aliphatic hydroxyl groups is 1. The second-order valence-corrected chi connectivity index (χ2v) is 5.87. The Kier molecular flexibility index (Phi) is 4.40. The van der Waals surface area contributed by atoms with Crippen LogP contribution in [-0.2, 0) is 11.2 Å². The first-order valence-corrected chi connectivity index (χ1v) is 7.05. The topological polar surface area (TPSA) is 49.3 Å². The number of nitrogens with one attached hydrogen (secondary N) is 1. The average Bonchev–Trinajstić information content (AvgIpc) is 3.14. The monoisotopic (exact) mass is 311 g/mol. The summed E-state index contributed by atoms with van der Waals surface area (Å²) in [5.41, 5.74) is 2.12. The van der Waals surface area contributed by atoms with Gasteiger partial charge >= 0.3 is 0 Å². The Morgan fingerprint density at radius 1 is 1.56 bits per heavy atom. The van der Waals surface area contributed by atoms with Crippen LogP contribution in [0.5, 0.6) is 0 Å². The lowest BCUT2D eigenvalue weighted by Crippen LogP contribution is -2.34. The van der Waals surface area contributed by atoms with Gasteiger partial charge in [0.1, 0.15) is 0 Å². The number of benzene rings is 1. The minimum absolute atomic E-state index is 0.0277. The minimum Gasteiger partial charge on any atom is -0.391 e. The first kappa shape index (κ1) is 13.6. The van der Waals surface area contributed by atoms with Gasteiger partial charge in [0, 0.05) is 11.0 Å². The largest absolute Gasteiger partial charge is 0.391 e. The molecule has 1 aliphatic carbocycles. The van der Waals surface area contributed by atoms with E-state index in [0.717, 1.165) is 28.4 Å². The van der Waals surface area contributed by atoms with E-state index in [1.165, 1.54) is 0 Å². The van der Waals surface area contributed by atoms with Gasteiger partial charge < -0.3 is 10.4 Å². The minimum atomic E-state index is -0.375. The molecule has 3 nitrogen and oxygen atoms in total. The van der Waals surface area contributed by atoms with E-state index in [4.69, 9.17) is 0 Å². The summed E-state index contributed by atoms with van der Waals surface area (Å²) in [5.74, 6) is 0.375. The second kappa shape index (κ2) is 5.85. The van der Waals surface area contributed by atoms with Crippen LogP contribution in [-0.4, -0.2) is 23.7 Å². The molecule has 1 unspecified atom stereocenters. The number of carbonyl (C=O) groups excluding carboxylic acids is 1. The van der Waals surface area contributed by atoms with Gasteiger partial charge in [-0.25, -0.2) is 0 Å². The maximum Gasteiger partial charge on any atom is 0.224 e. The molecule has 1 aromatic carbocycles. The van der Waals surface area contributed by atoms with Crippen LogP contribution in [0, 0.1) is 12.8 Å². The van der Waals surface area contributed by atoms with Crippen molar-refractivity contribution in [3.8, 4) is 0 Å². The maximum absolute atomic E-state index is 11.8. The van der Waals surface area contributed by atoms with Gasteiger partial charge in [-0.3, -0.25) is 4.79 Å². The number of aryl methyl sites for hydroxylation is 1. The van der Waals surface area contributed by atoms with Crippen molar-refractivity contribution in [2.45, 2.75) is 32.3 Å². The molecule has 0 aliphatic heterocycles. The Bertz CT molecular complexity index is 443. The molecule has 0 radical (unpaired) electrons. The summed E-state index contributed by atoms with van der Waals surface area (Å²) < 4.78 is 1.02. The van der Waals surface area contributed by atoms with Crippen LogP contribution in [0.15, 0.2) is 22.7 Å². The fourth-order valence-electron chi connectivity index (χ4n) is 1.96. The molecule has 2 N–H and O–H groups in total. The van der Waals surface area contributed by atoms with E-state index in [9.17, 15) is 9.90 Å². The second-order valence-electron chi connectivity index (χ2n) is 4.96. The summed E-state index contributed by atoms with van der Waals surface area (Å²) in [6.45, 7) is 2.37. The first-order valence-electron chi connectivity index (χ1n) is 6.26. The quantitative estimate of drug-likeness (QED) is 0.875. The lowest BCUT2D eigenvalue weighted by Gasteiger charge is -2.11. The van der Waals surface area contributed by atoms with Gasteiger partial charge in [0.2, 0.25) is 5.91 Å². The Hall–Kier alpha value is -0.870. The molecule has 0 bridgehead atoms. The van der Waals surface area contributed by atoms with Gasteiger partial charge in [-0.15, -0.1) is 0 Å². The first-order chi connectivity index (χ1) is 8.56. The summed E-state index contributed by atoms with van der Waals surface area (Å²) in [5, 5.41) is 12.5. The van der Waals surface area contributed by atoms with E-state index in [0.29, 0.717) is 18.9 Å². The average molecular weight is 312 g/mol. The highest BCUT2D eigenvalue weighted by Gasteiger charge is 2.29. The van der Waals surface area contributed by atoms with Gasteiger partial charge in [0.05, 0.1) is 12.5 Å². The van der Waals surface area contributed by atoms with Crippen molar-refractivity contribution in [3.05, 3.63) is 33.8 Å². The van der Waals surface area contributed by atoms with E-state index in [1.807, 2.05) is 25.1 Å². The summed E-state index contributed by atoms with van der Waals surface area (Å²) >= 11 is 3.40. The van der Waals surface area contributed by atoms with Gasteiger partial charge in [0.15, 0.2) is 0 Å². The van der Waals surface area contributed by atoms with E-state index in [1.54, 1.807) is 0 Å². The highest BCUT2D eigenvalue weighted by atomic mass is 79.9.